The van der Waals surface area contributed by atoms with E-state index in [1.165, 1.54) is 6.33 Å². The number of carbonyl (C=O) groups is 1. The van der Waals surface area contributed by atoms with Crippen LogP contribution in [-0.4, -0.2) is 30.5 Å². The fraction of sp³-hybridized carbons (Fsp3) is 0.250. The molecule has 0 unspecified atom stereocenters. The first-order valence-electron chi connectivity index (χ1n) is 7.62. The van der Waals surface area contributed by atoms with Crippen LogP contribution in [0.3, 0.4) is 0 Å². The van der Waals surface area contributed by atoms with E-state index in [0.29, 0.717) is 29.6 Å². The Hall–Kier alpha value is -2.38. The number of rotatable bonds is 6. The summed E-state index contributed by atoms with van der Waals surface area (Å²) < 4.78 is 3.32. The second kappa shape index (κ2) is 7.67. The van der Waals surface area contributed by atoms with Gasteiger partial charge in [-0.3, -0.25) is 14.8 Å². The van der Waals surface area contributed by atoms with Gasteiger partial charge in [0.2, 0.25) is 11.9 Å². The van der Waals surface area contributed by atoms with Crippen LogP contribution in [0.25, 0.3) is 0 Å². The summed E-state index contributed by atoms with van der Waals surface area (Å²) in [7, 11) is 0. The van der Waals surface area contributed by atoms with Gasteiger partial charge in [-0.05, 0) is 30.2 Å². The van der Waals surface area contributed by atoms with Crippen molar-refractivity contribution in [3.8, 4) is 0 Å². The fourth-order valence-corrected chi connectivity index (χ4v) is 2.71. The summed E-state index contributed by atoms with van der Waals surface area (Å²) in [5.74, 6) is 0.0853. The van der Waals surface area contributed by atoms with Crippen LogP contribution in [-0.2, 0) is 17.9 Å². The van der Waals surface area contributed by atoms with Gasteiger partial charge in [0.05, 0.1) is 12.7 Å². The van der Waals surface area contributed by atoms with Crippen molar-refractivity contribution in [2.45, 2.75) is 26.4 Å². The van der Waals surface area contributed by atoms with Crippen LogP contribution >= 0.6 is 23.2 Å². The molecule has 0 atom stereocenters. The number of anilines is 1. The second-order valence-electron chi connectivity index (χ2n) is 5.58. The van der Waals surface area contributed by atoms with Crippen molar-refractivity contribution in [3.63, 3.8) is 0 Å². The minimum absolute atomic E-state index is 0.171. The molecule has 0 aliphatic rings. The Balaban J connectivity index is 1.55. The summed E-state index contributed by atoms with van der Waals surface area (Å²) in [6.45, 7) is 2.89. The van der Waals surface area contributed by atoms with Crippen LogP contribution < -0.4 is 5.32 Å². The van der Waals surface area contributed by atoms with Crippen molar-refractivity contribution in [2.75, 3.05) is 5.32 Å². The maximum Gasteiger partial charge on any atom is 0.248 e. The van der Waals surface area contributed by atoms with Crippen molar-refractivity contribution >= 4 is 35.1 Å². The Morgan fingerprint density at radius 3 is 2.84 bits per heavy atom. The monoisotopic (exact) mass is 378 g/mol. The lowest BCUT2D eigenvalue weighted by Crippen LogP contribution is -2.16. The Morgan fingerprint density at radius 2 is 2.12 bits per heavy atom. The summed E-state index contributed by atoms with van der Waals surface area (Å²) in [6, 6.07) is 5.27. The van der Waals surface area contributed by atoms with E-state index < -0.39 is 0 Å². The molecule has 1 amide bonds. The third-order valence-corrected chi connectivity index (χ3v) is 4.05. The first-order valence-corrected chi connectivity index (χ1v) is 8.37. The van der Waals surface area contributed by atoms with Gasteiger partial charge in [-0.15, -0.1) is 5.10 Å². The van der Waals surface area contributed by atoms with Gasteiger partial charge in [0.15, 0.2) is 0 Å². The largest absolute Gasteiger partial charge is 0.293 e. The molecule has 3 rings (SSSR count). The van der Waals surface area contributed by atoms with Gasteiger partial charge in [0.25, 0.3) is 0 Å². The normalized spacial score (nSPS) is 10.8. The van der Waals surface area contributed by atoms with Crippen LogP contribution in [0.5, 0.6) is 0 Å². The topological polar surface area (TPSA) is 77.6 Å². The third kappa shape index (κ3) is 4.80. The summed E-state index contributed by atoms with van der Waals surface area (Å²) in [5.41, 5.74) is 1.92. The molecule has 0 saturated carbocycles. The van der Waals surface area contributed by atoms with Gasteiger partial charge in [0.1, 0.15) is 6.33 Å². The quantitative estimate of drug-likeness (QED) is 0.714. The molecule has 0 aliphatic heterocycles. The molecule has 25 heavy (non-hydrogen) atoms. The lowest BCUT2D eigenvalue weighted by atomic mass is 10.2. The minimum Gasteiger partial charge on any atom is -0.293 e. The molecule has 0 radical (unpaired) electrons. The van der Waals surface area contributed by atoms with E-state index in [4.69, 9.17) is 23.2 Å². The molecule has 0 bridgehead atoms. The van der Waals surface area contributed by atoms with Crippen molar-refractivity contribution in [3.05, 3.63) is 58.1 Å². The van der Waals surface area contributed by atoms with E-state index in [1.807, 2.05) is 19.2 Å². The van der Waals surface area contributed by atoms with Gasteiger partial charge in [-0.25, -0.2) is 9.67 Å². The molecule has 9 heteroatoms. The molecule has 1 N–H and O–H groups in total. The number of aryl methyl sites for hydroxylation is 2. The molecular formula is C16H16Cl2N6O. The van der Waals surface area contributed by atoms with Gasteiger partial charge in [-0.1, -0.05) is 29.3 Å². The highest BCUT2D eigenvalue weighted by molar-refractivity contribution is 6.35. The summed E-state index contributed by atoms with van der Waals surface area (Å²) >= 11 is 12.0. The van der Waals surface area contributed by atoms with E-state index in [1.54, 1.807) is 27.7 Å². The zero-order valence-corrected chi connectivity index (χ0v) is 15.0. The first-order chi connectivity index (χ1) is 12.0. The summed E-state index contributed by atoms with van der Waals surface area (Å²) in [4.78, 5) is 16.1. The van der Waals surface area contributed by atoms with Gasteiger partial charge >= 0.3 is 0 Å². The maximum atomic E-state index is 12.0. The Morgan fingerprint density at radius 1 is 1.28 bits per heavy atom. The van der Waals surface area contributed by atoms with Crippen molar-refractivity contribution < 1.29 is 4.79 Å². The molecule has 7 nitrogen and oxygen atoms in total. The standard InChI is InChI=1S/C16H16Cl2N6O/c1-11-7-20-23(8-11)5-4-15(25)21-16-19-10-24(22-16)9-12-2-3-13(17)6-14(12)18/h2-3,6-8,10H,4-5,9H2,1H3,(H,21,22,25). The number of aromatic nitrogens is 5. The van der Waals surface area contributed by atoms with Crippen LogP contribution in [0.4, 0.5) is 5.95 Å². The lowest BCUT2D eigenvalue weighted by molar-refractivity contribution is -0.116. The molecule has 2 aromatic heterocycles. The van der Waals surface area contributed by atoms with E-state index in [-0.39, 0.29) is 11.9 Å². The molecular weight excluding hydrogens is 363 g/mol. The van der Waals surface area contributed by atoms with E-state index in [2.05, 4.69) is 20.5 Å². The van der Waals surface area contributed by atoms with Crippen molar-refractivity contribution in [2.24, 2.45) is 0 Å². The van der Waals surface area contributed by atoms with Crippen LogP contribution in [0, 0.1) is 6.92 Å². The molecule has 0 spiro atoms. The predicted molar refractivity (Wildman–Crippen MR) is 95.8 cm³/mol. The second-order valence-corrected chi connectivity index (χ2v) is 6.42. The zero-order chi connectivity index (χ0) is 17.8. The molecule has 1 aromatic carbocycles. The average molecular weight is 379 g/mol. The van der Waals surface area contributed by atoms with Crippen LogP contribution in [0.1, 0.15) is 17.5 Å². The zero-order valence-electron chi connectivity index (χ0n) is 13.5. The number of carbonyl (C=O) groups excluding carboxylic acids is 1. The van der Waals surface area contributed by atoms with Crippen LogP contribution in [0.2, 0.25) is 10.0 Å². The van der Waals surface area contributed by atoms with E-state index >= 15 is 0 Å². The average Bonchev–Trinajstić information content (AvgIpc) is 3.17. The van der Waals surface area contributed by atoms with E-state index in [9.17, 15) is 4.79 Å². The van der Waals surface area contributed by atoms with Crippen molar-refractivity contribution in [1.82, 2.24) is 24.5 Å². The summed E-state index contributed by atoms with van der Waals surface area (Å²) in [6.07, 6.45) is 5.47. The third-order valence-electron chi connectivity index (χ3n) is 3.47. The SMILES string of the molecule is Cc1cnn(CCC(=O)Nc2ncn(Cc3ccc(Cl)cc3Cl)n2)c1. The Labute approximate surface area is 154 Å². The highest BCUT2D eigenvalue weighted by Crippen LogP contribution is 2.21. The number of nitrogens with one attached hydrogen (secondary N) is 1. The summed E-state index contributed by atoms with van der Waals surface area (Å²) in [5, 5.41) is 12.2. The van der Waals surface area contributed by atoms with Gasteiger partial charge < -0.3 is 0 Å². The molecule has 0 aliphatic carbocycles. The predicted octanol–water partition coefficient (Wildman–Crippen LogP) is 3.17. The molecule has 3 aromatic rings. The van der Waals surface area contributed by atoms with Crippen LogP contribution in [0.15, 0.2) is 36.9 Å². The number of nitrogens with zero attached hydrogens (tertiary/aromatic N) is 5. The number of hydrogen-bond donors (Lipinski definition) is 1. The Bertz CT molecular complexity index is 888. The smallest absolute Gasteiger partial charge is 0.248 e. The van der Waals surface area contributed by atoms with E-state index in [0.717, 1.165) is 11.1 Å². The number of halogens is 2. The molecule has 130 valence electrons. The highest BCUT2D eigenvalue weighted by Gasteiger charge is 2.09. The van der Waals surface area contributed by atoms with Crippen molar-refractivity contribution in [1.29, 1.82) is 0 Å². The number of benzene rings is 1. The first kappa shape index (κ1) is 17.4. The molecule has 0 fully saturated rings. The minimum atomic E-state index is -0.171. The fourth-order valence-electron chi connectivity index (χ4n) is 2.25. The van der Waals surface area contributed by atoms with Gasteiger partial charge in [0, 0.05) is 29.2 Å². The number of amides is 1. The molecule has 2 heterocycles. The molecule has 0 saturated heterocycles. The highest BCUT2D eigenvalue weighted by atomic mass is 35.5. The number of hydrogen-bond acceptors (Lipinski definition) is 4. The van der Waals surface area contributed by atoms with Gasteiger partial charge in [-0.2, -0.15) is 5.10 Å². The maximum absolute atomic E-state index is 12.0. The lowest BCUT2D eigenvalue weighted by Gasteiger charge is -2.04. The Kier molecular flexibility index (Phi) is 5.35.